The molecule has 0 atom stereocenters. The first-order valence-corrected chi connectivity index (χ1v) is 7.15. The lowest BCUT2D eigenvalue weighted by atomic mass is 10.3. The van der Waals surface area contributed by atoms with Gasteiger partial charge in [0.25, 0.3) is 0 Å². The first-order chi connectivity index (χ1) is 9.71. The number of nitrogens with zero attached hydrogens (tertiary/aromatic N) is 2. The van der Waals surface area contributed by atoms with Crippen molar-refractivity contribution < 1.29 is 9.47 Å². The van der Waals surface area contributed by atoms with Crippen LogP contribution < -0.4 is 16.0 Å². The summed E-state index contributed by atoms with van der Waals surface area (Å²) in [6.45, 7) is 2.82. The maximum Gasteiger partial charge on any atom is 0.224 e. The van der Waals surface area contributed by atoms with Gasteiger partial charge in [0.15, 0.2) is 5.82 Å². The quantitative estimate of drug-likeness (QED) is 0.451. The van der Waals surface area contributed by atoms with Gasteiger partial charge >= 0.3 is 0 Å². The van der Waals surface area contributed by atoms with Crippen molar-refractivity contribution in [2.24, 2.45) is 5.84 Å². The summed E-state index contributed by atoms with van der Waals surface area (Å²) in [6, 6.07) is 9.30. The van der Waals surface area contributed by atoms with Crippen molar-refractivity contribution in [3.05, 3.63) is 39.7 Å². The monoisotopic (exact) mass is 386 g/mol. The number of ether oxygens (including phenoxy) is 2. The summed E-state index contributed by atoms with van der Waals surface area (Å²) in [5.41, 5.74) is 2.49. The van der Waals surface area contributed by atoms with Crippen molar-refractivity contribution in [2.75, 3.05) is 12.0 Å². The lowest BCUT2D eigenvalue weighted by Gasteiger charge is -2.09. The average molecular weight is 386 g/mol. The van der Waals surface area contributed by atoms with Gasteiger partial charge in [0, 0.05) is 16.2 Å². The van der Waals surface area contributed by atoms with Crippen molar-refractivity contribution in [1.29, 1.82) is 0 Å². The topological polar surface area (TPSA) is 82.3 Å². The molecular weight excluding hydrogens is 371 g/mol. The van der Waals surface area contributed by atoms with E-state index in [1.165, 1.54) is 0 Å². The van der Waals surface area contributed by atoms with Gasteiger partial charge in [0.05, 0.1) is 0 Å². The standard InChI is InChI=1S/C13H15IN4O2/c1-2-19-8-12-16-11(18-15)7-13(17-12)20-10-5-3-9(14)4-6-10/h3-7H,2,8,15H2,1H3,(H,16,17,18). The molecule has 0 saturated heterocycles. The maximum absolute atomic E-state index is 5.69. The summed E-state index contributed by atoms with van der Waals surface area (Å²) in [4.78, 5) is 8.47. The molecule has 2 rings (SSSR count). The Balaban J connectivity index is 2.19. The second kappa shape index (κ2) is 7.36. The van der Waals surface area contributed by atoms with Gasteiger partial charge in [0.1, 0.15) is 18.2 Å². The molecule has 0 saturated carbocycles. The van der Waals surface area contributed by atoms with Crippen molar-refractivity contribution in [1.82, 2.24) is 9.97 Å². The van der Waals surface area contributed by atoms with Crippen LogP contribution in [0.25, 0.3) is 0 Å². The fourth-order valence-corrected chi connectivity index (χ4v) is 1.84. The van der Waals surface area contributed by atoms with Crippen molar-refractivity contribution in [2.45, 2.75) is 13.5 Å². The summed E-state index contributed by atoms with van der Waals surface area (Å²) < 4.78 is 12.1. The molecule has 2 aromatic rings. The molecule has 0 unspecified atom stereocenters. The summed E-state index contributed by atoms with van der Waals surface area (Å²) in [6.07, 6.45) is 0. The first kappa shape index (κ1) is 14.9. The summed E-state index contributed by atoms with van der Waals surface area (Å²) in [5, 5.41) is 0. The molecule has 1 heterocycles. The Morgan fingerprint density at radius 3 is 2.65 bits per heavy atom. The van der Waals surface area contributed by atoms with E-state index in [9.17, 15) is 0 Å². The zero-order valence-electron chi connectivity index (χ0n) is 11.0. The van der Waals surface area contributed by atoms with E-state index in [1.807, 2.05) is 31.2 Å². The number of hydrogen-bond donors (Lipinski definition) is 2. The van der Waals surface area contributed by atoms with E-state index in [0.717, 1.165) is 3.57 Å². The summed E-state index contributed by atoms with van der Waals surface area (Å²) in [5.74, 6) is 7.51. The Bertz CT molecular complexity index is 563. The number of halogens is 1. The number of benzene rings is 1. The van der Waals surface area contributed by atoms with Gasteiger partial charge in [0.2, 0.25) is 5.88 Å². The van der Waals surface area contributed by atoms with Gasteiger partial charge in [-0.3, -0.25) is 0 Å². The Kier molecular flexibility index (Phi) is 5.50. The number of anilines is 1. The molecule has 3 N–H and O–H groups in total. The molecule has 1 aromatic heterocycles. The zero-order valence-corrected chi connectivity index (χ0v) is 13.1. The lowest BCUT2D eigenvalue weighted by molar-refractivity contribution is 0.128. The molecule has 0 fully saturated rings. The van der Waals surface area contributed by atoms with Crippen LogP contribution in [0.4, 0.5) is 5.82 Å². The number of hydrazine groups is 1. The van der Waals surface area contributed by atoms with E-state index in [1.54, 1.807) is 6.07 Å². The van der Waals surface area contributed by atoms with Gasteiger partial charge in [-0.2, -0.15) is 4.98 Å². The molecule has 0 aliphatic heterocycles. The van der Waals surface area contributed by atoms with Crippen LogP contribution in [0.5, 0.6) is 11.6 Å². The van der Waals surface area contributed by atoms with Crippen LogP contribution >= 0.6 is 22.6 Å². The fraction of sp³-hybridized carbons (Fsp3) is 0.231. The Morgan fingerprint density at radius 2 is 2.00 bits per heavy atom. The highest BCUT2D eigenvalue weighted by atomic mass is 127. The number of nitrogens with one attached hydrogen (secondary N) is 1. The predicted molar refractivity (Wildman–Crippen MR) is 84.4 cm³/mol. The lowest BCUT2D eigenvalue weighted by Crippen LogP contribution is -2.11. The zero-order chi connectivity index (χ0) is 14.4. The van der Waals surface area contributed by atoms with E-state index in [2.05, 4.69) is 38.0 Å². The molecule has 0 aliphatic rings. The first-order valence-electron chi connectivity index (χ1n) is 6.07. The summed E-state index contributed by atoms with van der Waals surface area (Å²) in [7, 11) is 0. The molecule has 20 heavy (non-hydrogen) atoms. The van der Waals surface area contributed by atoms with Crippen LogP contribution in [-0.2, 0) is 11.3 Å². The molecule has 0 amide bonds. The third-order valence-corrected chi connectivity index (χ3v) is 3.09. The highest BCUT2D eigenvalue weighted by molar-refractivity contribution is 14.1. The number of rotatable bonds is 6. The van der Waals surface area contributed by atoms with E-state index in [-0.39, 0.29) is 0 Å². The van der Waals surface area contributed by atoms with Crippen LogP contribution in [0.2, 0.25) is 0 Å². The number of aromatic nitrogens is 2. The van der Waals surface area contributed by atoms with Gasteiger partial charge in [-0.25, -0.2) is 10.8 Å². The van der Waals surface area contributed by atoms with Crippen molar-refractivity contribution in [3.63, 3.8) is 0 Å². The molecule has 0 bridgehead atoms. The van der Waals surface area contributed by atoms with Crippen LogP contribution in [0, 0.1) is 3.57 Å². The number of hydrogen-bond acceptors (Lipinski definition) is 6. The molecule has 106 valence electrons. The molecule has 1 aromatic carbocycles. The molecule has 0 radical (unpaired) electrons. The van der Waals surface area contributed by atoms with Crippen LogP contribution in [0.3, 0.4) is 0 Å². The van der Waals surface area contributed by atoms with Gasteiger partial charge in [-0.1, -0.05) is 0 Å². The third-order valence-electron chi connectivity index (χ3n) is 2.37. The van der Waals surface area contributed by atoms with Crippen LogP contribution in [-0.4, -0.2) is 16.6 Å². The SMILES string of the molecule is CCOCc1nc(NN)cc(Oc2ccc(I)cc2)n1. The molecule has 0 aliphatic carbocycles. The Morgan fingerprint density at radius 1 is 1.25 bits per heavy atom. The van der Waals surface area contributed by atoms with Gasteiger partial charge in [-0.15, -0.1) is 0 Å². The molecular formula is C13H15IN4O2. The van der Waals surface area contributed by atoms with Gasteiger partial charge in [-0.05, 0) is 53.8 Å². The van der Waals surface area contributed by atoms with Gasteiger partial charge < -0.3 is 14.9 Å². The summed E-state index contributed by atoms with van der Waals surface area (Å²) >= 11 is 2.24. The minimum Gasteiger partial charge on any atom is -0.439 e. The minimum atomic E-state index is 0.315. The number of nitrogens with two attached hydrogens (primary N) is 1. The molecule has 7 heteroatoms. The van der Waals surface area contributed by atoms with Crippen molar-refractivity contribution in [3.8, 4) is 11.6 Å². The average Bonchev–Trinajstić information content (AvgIpc) is 2.47. The van der Waals surface area contributed by atoms with E-state index < -0.39 is 0 Å². The van der Waals surface area contributed by atoms with Crippen molar-refractivity contribution >= 4 is 28.4 Å². The highest BCUT2D eigenvalue weighted by Crippen LogP contribution is 2.22. The second-order valence-corrected chi connectivity index (χ2v) is 5.09. The Hall–Kier alpha value is -1.45. The largest absolute Gasteiger partial charge is 0.439 e. The molecule has 0 spiro atoms. The van der Waals surface area contributed by atoms with Crippen LogP contribution in [0.15, 0.2) is 30.3 Å². The normalized spacial score (nSPS) is 10.3. The van der Waals surface area contributed by atoms with E-state index in [0.29, 0.717) is 36.5 Å². The molecule has 6 nitrogen and oxygen atoms in total. The maximum atomic E-state index is 5.69. The second-order valence-electron chi connectivity index (χ2n) is 3.85. The van der Waals surface area contributed by atoms with E-state index >= 15 is 0 Å². The third kappa shape index (κ3) is 4.29. The highest BCUT2D eigenvalue weighted by Gasteiger charge is 2.06. The Labute approximate surface area is 130 Å². The predicted octanol–water partition coefficient (Wildman–Crippen LogP) is 2.70. The smallest absolute Gasteiger partial charge is 0.224 e. The van der Waals surface area contributed by atoms with E-state index in [4.69, 9.17) is 15.3 Å². The van der Waals surface area contributed by atoms with Crippen LogP contribution in [0.1, 0.15) is 12.7 Å². The fourth-order valence-electron chi connectivity index (χ4n) is 1.48. The number of nitrogen functional groups attached to an aromatic ring is 1. The minimum absolute atomic E-state index is 0.315.